The average Bonchev–Trinajstić information content (AvgIpc) is 1.77. The second-order valence-electron chi connectivity index (χ2n) is 26.0. The van der Waals surface area contributed by atoms with Gasteiger partial charge in [0, 0.05) is 31.7 Å². The van der Waals surface area contributed by atoms with E-state index in [4.69, 9.17) is 65.2 Å². The zero-order valence-electron chi connectivity index (χ0n) is 65.5. The topological polar surface area (TPSA) is 384 Å². The number of rotatable bonds is 48. The van der Waals surface area contributed by atoms with Crippen molar-refractivity contribution in [2.45, 2.75) is 197 Å². The third kappa shape index (κ3) is 48.1. The van der Waals surface area contributed by atoms with Crippen molar-refractivity contribution >= 4 is 54.6 Å². The van der Waals surface area contributed by atoms with Crippen LogP contribution in [0.4, 0.5) is 9.59 Å². The molecule has 0 atom stereocenters. The monoisotopic (exact) mass is 1560 g/mol. The molecule has 0 aromatic heterocycles. The van der Waals surface area contributed by atoms with Crippen LogP contribution in [0.25, 0.3) is 0 Å². The van der Waals surface area contributed by atoms with Crippen molar-refractivity contribution in [1.82, 2.24) is 31.5 Å². The number of hydrogen-bond donors (Lipinski definition) is 8. The molecule has 624 valence electrons. The normalized spacial score (nSPS) is 12.7. The summed E-state index contributed by atoms with van der Waals surface area (Å²) in [6.07, 6.45) is 28.7. The van der Waals surface area contributed by atoms with E-state index in [1.54, 1.807) is 0 Å². The Balaban J connectivity index is 0.00000138. The van der Waals surface area contributed by atoms with E-state index in [1.165, 1.54) is 140 Å². The number of ether oxygens (including phenoxy) is 4. The fraction of sp³-hybridized carbons (Fsp3) is 0.602. The van der Waals surface area contributed by atoms with E-state index in [-0.39, 0.29) is 33.9 Å². The number of carbonyl (C=O) groups is 4. The summed E-state index contributed by atoms with van der Waals surface area (Å²) < 4.78 is 29.9. The van der Waals surface area contributed by atoms with Gasteiger partial charge in [0.25, 0.3) is 30.5 Å². The molecule has 0 fully saturated rings. The molecule has 4 aliphatic heterocycles. The number of amides is 2. The number of hydrogen-bond acceptors (Lipinski definition) is 22. The van der Waals surface area contributed by atoms with Crippen LogP contribution in [-0.2, 0) is 29.0 Å². The van der Waals surface area contributed by atoms with Crippen molar-refractivity contribution in [3.05, 3.63) is 119 Å². The lowest BCUT2D eigenvalue weighted by Gasteiger charge is -2.19. The molecule has 0 bridgehead atoms. The third-order valence-electron chi connectivity index (χ3n) is 17.7. The van der Waals surface area contributed by atoms with Crippen molar-refractivity contribution in [1.29, 1.82) is 0 Å². The number of aliphatic imine (C=N–C) groups is 1. The molecule has 0 saturated carbocycles. The molecule has 4 aromatic rings. The second kappa shape index (κ2) is 69.8. The molecule has 111 heavy (non-hydrogen) atoms. The van der Waals surface area contributed by atoms with Crippen molar-refractivity contribution in [2.75, 3.05) is 131 Å². The molecule has 0 radical (unpaired) electrons. The number of carboxylic acid groups (broad SMARTS) is 2. The lowest BCUT2D eigenvalue weighted by Crippen LogP contribution is -2.40. The van der Waals surface area contributed by atoms with Crippen LogP contribution in [0.15, 0.2) is 102 Å². The van der Waals surface area contributed by atoms with Gasteiger partial charge in [-0.1, -0.05) is 171 Å². The summed E-state index contributed by atoms with van der Waals surface area (Å²) in [5, 5.41) is 50.9. The molecule has 28 nitrogen and oxygen atoms in total. The number of amidine groups is 4. The minimum Gasteiger partial charge on any atom is -0.662 e. The summed E-state index contributed by atoms with van der Waals surface area (Å²) in [5.41, 5.74) is 15.9. The minimum atomic E-state index is -1.23. The van der Waals surface area contributed by atoms with Crippen LogP contribution < -0.4 is 72.6 Å². The molecule has 0 unspecified atom stereocenters. The molecular formula is C83H136N12O16. The van der Waals surface area contributed by atoms with Crippen molar-refractivity contribution in [3.8, 4) is 23.0 Å². The van der Waals surface area contributed by atoms with Crippen molar-refractivity contribution in [2.24, 2.45) is 16.5 Å². The van der Waals surface area contributed by atoms with Crippen LogP contribution in [0.3, 0.4) is 0 Å². The maximum atomic E-state index is 10.6. The molecule has 4 aromatic carbocycles. The van der Waals surface area contributed by atoms with Gasteiger partial charge < -0.3 is 81.2 Å². The van der Waals surface area contributed by atoms with Gasteiger partial charge >= 0.3 is 12.2 Å². The highest BCUT2D eigenvalue weighted by molar-refractivity contribution is 6.00. The van der Waals surface area contributed by atoms with Gasteiger partial charge in [-0.25, -0.2) is 4.79 Å². The van der Waals surface area contributed by atoms with E-state index in [1.807, 2.05) is 48.5 Å². The maximum absolute atomic E-state index is 10.6. The first-order chi connectivity index (χ1) is 53.3. The molecule has 8 rings (SSSR count). The Morgan fingerprint density at radius 1 is 0.486 bits per heavy atom. The van der Waals surface area contributed by atoms with Gasteiger partial charge in [-0.3, -0.25) is 44.3 Å². The average molecular weight is 1560 g/mol. The number of unbranched alkanes of at least 4 members (excludes halogenated alkanes) is 20. The van der Waals surface area contributed by atoms with E-state index in [2.05, 4.69) is 136 Å². The molecule has 10 N–H and O–H groups in total. The zero-order valence-corrected chi connectivity index (χ0v) is 65.5. The van der Waals surface area contributed by atoms with Crippen LogP contribution in [-0.4, -0.2) is 210 Å². The number of nitrogens with one attached hydrogen (secondary N) is 5. The molecule has 28 heteroatoms. The van der Waals surface area contributed by atoms with E-state index in [9.17, 15) is 14.7 Å². The summed E-state index contributed by atoms with van der Waals surface area (Å²) in [6, 6.07) is 32.9. The van der Waals surface area contributed by atoms with Gasteiger partial charge in [0.15, 0.2) is 0 Å². The quantitative estimate of drug-likeness (QED) is 0.00675. The van der Waals surface area contributed by atoms with Crippen LogP contribution in [0.2, 0.25) is 0 Å². The van der Waals surface area contributed by atoms with Gasteiger partial charge in [0.2, 0.25) is 0 Å². The number of nitrogens with zero attached hydrogens (tertiary/aromatic N) is 5. The zero-order chi connectivity index (χ0) is 79.4. The number of carbonyl (C=O) groups excluding carboxylic acids is 5. The van der Waals surface area contributed by atoms with Gasteiger partial charge in [-0.15, -0.1) is 0 Å². The minimum absolute atomic E-state index is 0. The Labute approximate surface area is 661 Å². The van der Waals surface area contributed by atoms with E-state index >= 15 is 0 Å². The highest BCUT2D eigenvalue weighted by Gasteiger charge is 2.25. The fourth-order valence-corrected chi connectivity index (χ4v) is 12.1. The van der Waals surface area contributed by atoms with Gasteiger partial charge in [0.05, 0.1) is 69.3 Å². The summed E-state index contributed by atoms with van der Waals surface area (Å²) in [4.78, 5) is 66.6. The Morgan fingerprint density at radius 2 is 0.775 bits per heavy atom. The van der Waals surface area contributed by atoms with E-state index in [0.717, 1.165) is 175 Å². The van der Waals surface area contributed by atoms with Crippen LogP contribution in [0.1, 0.15) is 219 Å². The summed E-state index contributed by atoms with van der Waals surface area (Å²) >= 11 is 0. The summed E-state index contributed by atoms with van der Waals surface area (Å²) in [6.45, 7) is 24.3. The Hall–Kier alpha value is -9.34. The molecular weight excluding hydrogens is 1420 g/mol. The van der Waals surface area contributed by atoms with Crippen molar-refractivity contribution in [3.63, 3.8) is 0 Å². The van der Waals surface area contributed by atoms with Crippen LogP contribution >= 0.6 is 0 Å². The lowest BCUT2D eigenvalue weighted by atomic mass is 10.1. The van der Waals surface area contributed by atoms with E-state index in [0.29, 0.717) is 39.3 Å². The van der Waals surface area contributed by atoms with Crippen LogP contribution in [0.5, 0.6) is 23.0 Å². The molecule has 0 aliphatic carbocycles. The first-order valence-electron chi connectivity index (χ1n) is 39.4. The predicted octanol–water partition coefficient (Wildman–Crippen LogP) is 8.53. The maximum Gasteiger partial charge on any atom is 0.404 e. The number of benzene rings is 4. The number of nitrogens with two attached hydrogens (primary N) is 2. The first-order valence-corrected chi connectivity index (χ1v) is 39.4. The molecule has 4 aliphatic rings. The van der Waals surface area contributed by atoms with Crippen LogP contribution in [0, 0.1) is 0 Å². The predicted molar refractivity (Wildman–Crippen MR) is 431 cm³/mol. The molecule has 0 spiro atoms. The first kappa shape index (κ1) is 102. The summed E-state index contributed by atoms with van der Waals surface area (Å²) in [5.74, 6) is 8.06. The van der Waals surface area contributed by atoms with Crippen molar-refractivity contribution < 1.29 is 91.9 Å². The van der Waals surface area contributed by atoms with Gasteiger partial charge in [0.1, 0.15) is 87.3 Å². The Bertz CT molecular complexity index is 3060. The Morgan fingerprint density at radius 3 is 1.05 bits per heavy atom. The SMILES string of the molecule is C.C.CCCCCCCCOc1ccc(C2=NCCN2CCN)cc1.CCCCCCCCOc1ccc(C2=[N+](CCN)CCN2)cc1.CCCCCCCCOc1ccc(C2=[N+](CCNC(=O)O)CCN2)cc1.CCCCCCCCOc1ccc(C2=[N+](CCNC(=O)[O-])CCN2)cc1.O=C=O.O=CO[O-].O=CO[O-]. The molecule has 4 heterocycles. The standard InChI is InChI=1S/2C20H31N3O3.2C19H31N3O.2CH2O3.CO2.2CH4/c2*1-2-3-4-5-6-7-16-26-18-10-8-17(9-11-18)19-21-12-14-23(19)15-13-22-20(24)25;2*1-2-3-4-5-6-7-16-23-18-10-8-17(9-11-18)19-21-13-15-22(19)14-12-20;2*2-1-4-3;2-1-3;;/h2*8-11,22H,2-7,12-16H2,1H3,(H,24,25);2*8-11H,2-7,12-16,20H2,1H3;2*1,3H;;2*1H4. The molecule has 0 saturated heterocycles. The molecule has 2 amide bonds. The van der Waals surface area contributed by atoms with Gasteiger partial charge in [-0.2, -0.15) is 9.59 Å². The van der Waals surface area contributed by atoms with E-state index < -0.39 is 12.2 Å². The third-order valence-corrected chi connectivity index (χ3v) is 17.7. The highest BCUT2D eigenvalue weighted by Crippen LogP contribution is 2.20. The van der Waals surface area contributed by atoms with Gasteiger partial charge in [-0.05, 0) is 123 Å². The Kier molecular flexibility index (Phi) is 63.9. The second-order valence-corrected chi connectivity index (χ2v) is 26.0. The summed E-state index contributed by atoms with van der Waals surface area (Å²) in [7, 11) is 0. The fourth-order valence-electron chi connectivity index (χ4n) is 12.1. The smallest absolute Gasteiger partial charge is 0.404 e. The largest absolute Gasteiger partial charge is 0.662 e. The highest BCUT2D eigenvalue weighted by atomic mass is 17.1. The lowest BCUT2D eigenvalue weighted by molar-refractivity contribution is -0.652.